The highest BCUT2D eigenvalue weighted by Gasteiger charge is 2.31. The van der Waals surface area contributed by atoms with Crippen molar-refractivity contribution in [1.29, 1.82) is 0 Å². The van der Waals surface area contributed by atoms with Crippen molar-refractivity contribution in [1.82, 2.24) is 10.1 Å². The fraction of sp³-hybridized carbons (Fsp3) is 0.222. The van der Waals surface area contributed by atoms with Crippen LogP contribution in [0.15, 0.2) is 53.1 Å². The molecule has 2 aromatic carbocycles. The van der Waals surface area contributed by atoms with E-state index >= 15 is 0 Å². The molecule has 0 atom stereocenters. The number of hydrogen-bond donors (Lipinski definition) is 0. The number of rotatable bonds is 6. The largest absolute Gasteiger partial charge is 0.338 e. The molecule has 0 N–H and O–H groups in total. The second-order valence-electron chi connectivity index (χ2n) is 5.75. The summed E-state index contributed by atoms with van der Waals surface area (Å²) in [6.45, 7) is 1.82. The second-order valence-corrected chi connectivity index (χ2v) is 7.83. The highest BCUT2D eigenvalue weighted by Crippen LogP contribution is 2.32. The summed E-state index contributed by atoms with van der Waals surface area (Å²) in [5.74, 6) is -1.03. The van der Waals surface area contributed by atoms with Crippen LogP contribution < -0.4 is 0 Å². The predicted molar refractivity (Wildman–Crippen MR) is 90.9 cm³/mol. The minimum absolute atomic E-state index is 0.0175. The third-order valence-corrected chi connectivity index (χ3v) is 5.77. The Morgan fingerprint density at radius 3 is 1.88 bits per heavy atom. The van der Waals surface area contributed by atoms with E-state index in [2.05, 4.69) is 10.1 Å². The number of sulfone groups is 1. The van der Waals surface area contributed by atoms with Gasteiger partial charge in [0, 0.05) is 6.42 Å². The molecule has 0 saturated carbocycles. The first-order valence-corrected chi connectivity index (χ1v) is 9.64. The van der Waals surface area contributed by atoms with E-state index in [0.29, 0.717) is 23.4 Å². The molecule has 1 aromatic heterocycles. The third kappa shape index (κ3) is 3.96. The Kier molecular flexibility index (Phi) is 5.13. The first-order chi connectivity index (χ1) is 12.4. The standard InChI is InChI=1S/C18H16F2N2O3S/c1-2-16-21-17(25-22-16)11-26(23,24)18(12-3-7-14(19)8-4-12)13-5-9-15(20)10-6-13/h3-10,18H,2,11H2,1H3. The maximum atomic E-state index is 13.3. The van der Waals surface area contributed by atoms with Crippen molar-refractivity contribution in [3.8, 4) is 0 Å². The maximum Gasteiger partial charge on any atom is 0.241 e. The van der Waals surface area contributed by atoms with Crippen LogP contribution in [0.3, 0.4) is 0 Å². The number of aryl methyl sites for hydroxylation is 1. The van der Waals surface area contributed by atoms with Gasteiger partial charge in [-0.3, -0.25) is 0 Å². The second kappa shape index (κ2) is 7.33. The molecule has 136 valence electrons. The topological polar surface area (TPSA) is 73.1 Å². The zero-order valence-electron chi connectivity index (χ0n) is 13.9. The predicted octanol–water partition coefficient (Wildman–Crippen LogP) is 3.61. The molecule has 0 saturated heterocycles. The lowest BCUT2D eigenvalue weighted by Crippen LogP contribution is -2.17. The Bertz CT molecular complexity index is 939. The molecule has 1 heterocycles. The van der Waals surface area contributed by atoms with Crippen LogP contribution in [0.1, 0.15) is 35.0 Å². The van der Waals surface area contributed by atoms with E-state index in [-0.39, 0.29) is 5.89 Å². The zero-order valence-corrected chi connectivity index (χ0v) is 14.7. The van der Waals surface area contributed by atoms with E-state index in [9.17, 15) is 17.2 Å². The van der Waals surface area contributed by atoms with Crippen LogP contribution in [-0.4, -0.2) is 18.6 Å². The average Bonchev–Trinajstić information content (AvgIpc) is 3.05. The van der Waals surface area contributed by atoms with E-state index in [1.54, 1.807) is 0 Å². The smallest absolute Gasteiger partial charge is 0.241 e. The Labute approximate surface area is 149 Å². The first kappa shape index (κ1) is 18.2. The molecule has 0 radical (unpaired) electrons. The summed E-state index contributed by atoms with van der Waals surface area (Å²) in [6.07, 6.45) is 0.517. The van der Waals surface area contributed by atoms with E-state index in [1.165, 1.54) is 48.5 Å². The summed E-state index contributed by atoms with van der Waals surface area (Å²) in [5.41, 5.74) is 0.737. The molecule has 0 spiro atoms. The minimum atomic E-state index is -3.84. The Morgan fingerprint density at radius 1 is 0.962 bits per heavy atom. The molecule has 0 unspecified atom stereocenters. The summed E-state index contributed by atoms with van der Waals surface area (Å²) in [4.78, 5) is 4.03. The molecule has 8 heteroatoms. The lowest BCUT2D eigenvalue weighted by Gasteiger charge is -2.18. The molecule has 0 fully saturated rings. The van der Waals surface area contributed by atoms with E-state index < -0.39 is 32.5 Å². The van der Waals surface area contributed by atoms with Gasteiger partial charge in [-0.2, -0.15) is 4.98 Å². The average molecular weight is 378 g/mol. The minimum Gasteiger partial charge on any atom is -0.338 e. The highest BCUT2D eigenvalue weighted by atomic mass is 32.2. The molecule has 26 heavy (non-hydrogen) atoms. The van der Waals surface area contributed by atoms with Gasteiger partial charge in [-0.25, -0.2) is 17.2 Å². The summed E-state index contributed by atoms with van der Waals surface area (Å²) in [7, 11) is -3.84. The molecular weight excluding hydrogens is 362 g/mol. The third-order valence-electron chi connectivity index (χ3n) is 3.86. The van der Waals surface area contributed by atoms with Gasteiger partial charge in [-0.05, 0) is 35.4 Å². The number of nitrogens with zero attached hydrogens (tertiary/aromatic N) is 2. The Morgan fingerprint density at radius 2 is 1.46 bits per heavy atom. The number of hydrogen-bond acceptors (Lipinski definition) is 5. The van der Waals surface area contributed by atoms with Crippen LogP contribution in [0.5, 0.6) is 0 Å². The van der Waals surface area contributed by atoms with E-state index in [4.69, 9.17) is 4.52 Å². The van der Waals surface area contributed by atoms with Gasteiger partial charge in [0.05, 0.1) is 0 Å². The maximum absolute atomic E-state index is 13.3. The van der Waals surface area contributed by atoms with Crippen molar-refractivity contribution in [2.45, 2.75) is 24.3 Å². The van der Waals surface area contributed by atoms with Gasteiger partial charge in [0.25, 0.3) is 0 Å². The number of halogens is 2. The lowest BCUT2D eigenvalue weighted by atomic mass is 10.0. The van der Waals surface area contributed by atoms with Gasteiger partial charge in [0.2, 0.25) is 5.89 Å². The van der Waals surface area contributed by atoms with Gasteiger partial charge in [0.15, 0.2) is 15.7 Å². The molecular formula is C18H16F2N2O3S. The Balaban J connectivity index is 2.03. The molecule has 3 aromatic rings. The summed E-state index contributed by atoms with van der Waals surface area (Å²) in [5, 5.41) is 2.59. The molecule has 0 aliphatic heterocycles. The first-order valence-electron chi connectivity index (χ1n) is 7.93. The SMILES string of the molecule is CCc1noc(CS(=O)(=O)C(c2ccc(F)cc2)c2ccc(F)cc2)n1. The summed E-state index contributed by atoms with van der Waals surface area (Å²) < 4.78 is 57.6. The van der Waals surface area contributed by atoms with Crippen molar-refractivity contribution in [2.75, 3.05) is 0 Å². The van der Waals surface area contributed by atoms with Crippen LogP contribution >= 0.6 is 0 Å². The van der Waals surface area contributed by atoms with Crippen LogP contribution in [0.25, 0.3) is 0 Å². The summed E-state index contributed by atoms with van der Waals surface area (Å²) in [6, 6.07) is 10.3. The van der Waals surface area contributed by atoms with E-state index in [0.717, 1.165) is 0 Å². The van der Waals surface area contributed by atoms with Crippen LogP contribution in [-0.2, 0) is 22.0 Å². The van der Waals surface area contributed by atoms with Crippen molar-refractivity contribution in [2.24, 2.45) is 0 Å². The van der Waals surface area contributed by atoms with Crippen LogP contribution in [0.4, 0.5) is 8.78 Å². The van der Waals surface area contributed by atoms with Crippen LogP contribution in [0.2, 0.25) is 0 Å². The van der Waals surface area contributed by atoms with Crippen molar-refractivity contribution in [3.63, 3.8) is 0 Å². The van der Waals surface area contributed by atoms with Gasteiger partial charge in [-0.15, -0.1) is 0 Å². The Hall–Kier alpha value is -2.61. The molecule has 3 rings (SSSR count). The van der Waals surface area contributed by atoms with Gasteiger partial charge in [-0.1, -0.05) is 36.3 Å². The monoisotopic (exact) mass is 378 g/mol. The van der Waals surface area contributed by atoms with Crippen molar-refractivity contribution in [3.05, 3.63) is 83.0 Å². The normalized spacial score (nSPS) is 11.8. The lowest BCUT2D eigenvalue weighted by molar-refractivity contribution is 0.383. The van der Waals surface area contributed by atoms with Crippen molar-refractivity contribution < 1.29 is 21.7 Å². The fourth-order valence-corrected chi connectivity index (χ4v) is 4.40. The fourth-order valence-electron chi connectivity index (χ4n) is 2.63. The molecule has 0 bridgehead atoms. The van der Waals surface area contributed by atoms with Gasteiger partial charge >= 0.3 is 0 Å². The summed E-state index contributed by atoms with van der Waals surface area (Å²) >= 11 is 0. The quantitative estimate of drug-likeness (QED) is 0.655. The molecule has 0 aliphatic rings. The van der Waals surface area contributed by atoms with E-state index in [1.807, 2.05) is 6.92 Å². The van der Waals surface area contributed by atoms with Crippen LogP contribution in [0, 0.1) is 11.6 Å². The van der Waals surface area contributed by atoms with Crippen molar-refractivity contribution >= 4 is 9.84 Å². The highest BCUT2D eigenvalue weighted by molar-refractivity contribution is 7.91. The van der Waals surface area contributed by atoms with Gasteiger partial charge in [0.1, 0.15) is 22.6 Å². The number of aromatic nitrogens is 2. The molecule has 0 amide bonds. The van der Waals surface area contributed by atoms with Gasteiger partial charge < -0.3 is 4.52 Å². The number of benzene rings is 2. The molecule has 5 nitrogen and oxygen atoms in total. The zero-order chi connectivity index (χ0) is 18.7. The molecule has 0 aliphatic carbocycles.